The first kappa shape index (κ1) is 9.14. The van der Waals surface area contributed by atoms with Gasteiger partial charge in [-0.3, -0.25) is 0 Å². The molecule has 0 spiro atoms. The van der Waals surface area contributed by atoms with Crippen molar-refractivity contribution in [2.45, 2.75) is 6.92 Å². The molecule has 1 unspecified atom stereocenters. The molecule has 0 rings (SSSR count). The molecule has 0 aromatic heterocycles. The lowest BCUT2D eigenvalue weighted by Gasteiger charge is -1.95. The molecule has 0 aliphatic rings. The van der Waals surface area contributed by atoms with Gasteiger partial charge in [0.25, 0.3) is 5.17 Å². The number of thiol groups is 1. The second-order valence-electron chi connectivity index (χ2n) is 1.11. The van der Waals surface area contributed by atoms with Crippen LogP contribution in [0.25, 0.3) is 0 Å². The summed E-state index contributed by atoms with van der Waals surface area (Å²) in [6.07, 6.45) is 0. The Hall–Kier alpha value is 0.140. The summed E-state index contributed by atoms with van der Waals surface area (Å²) in [5.41, 5.74) is 0. The van der Waals surface area contributed by atoms with Crippen LogP contribution in [0.1, 0.15) is 6.92 Å². The van der Waals surface area contributed by atoms with E-state index in [2.05, 4.69) is 29.6 Å². The van der Waals surface area contributed by atoms with Gasteiger partial charge in [0.05, 0.1) is 6.61 Å². The van der Waals surface area contributed by atoms with Gasteiger partial charge in [-0.25, -0.2) is 0 Å². The summed E-state index contributed by atoms with van der Waals surface area (Å²) in [6, 6.07) is 0. The van der Waals surface area contributed by atoms with Gasteiger partial charge in [-0.2, -0.15) is 0 Å². The third-order valence-electron chi connectivity index (χ3n) is 0.462. The molecule has 52 valence electrons. The molecule has 3 nitrogen and oxygen atoms in total. The Labute approximate surface area is 65.2 Å². The molecule has 0 bridgehead atoms. The zero-order valence-electron chi connectivity index (χ0n) is 4.83. The molecule has 0 aliphatic carbocycles. The summed E-state index contributed by atoms with van der Waals surface area (Å²) >= 11 is 8.12. The summed E-state index contributed by atoms with van der Waals surface area (Å²) < 4.78 is 15.0. The Morgan fingerprint density at radius 3 is 2.89 bits per heavy atom. The molecule has 6 heteroatoms. The summed E-state index contributed by atoms with van der Waals surface area (Å²) in [5, 5.41) is 2.46. The Kier molecular flexibility index (Phi) is 5.04. The summed E-state index contributed by atoms with van der Waals surface area (Å²) in [7, 11) is -1.72. The molecule has 0 heterocycles. The summed E-state index contributed by atoms with van der Waals surface area (Å²) in [5.74, 6) is 0. The standard InChI is InChI=1S/C3H6NO2PS2/c1-2-6-3(8)4-7(5)9/h2H2,1H3,(H-,4,5,8,9)/p+1. The van der Waals surface area contributed by atoms with Gasteiger partial charge in [0.15, 0.2) is 0 Å². The maximum Gasteiger partial charge on any atom is 0.535 e. The van der Waals surface area contributed by atoms with Crippen LogP contribution in [0, 0.1) is 0 Å². The Balaban J connectivity index is 3.39. The molecule has 9 heavy (non-hydrogen) atoms. The van der Waals surface area contributed by atoms with Crippen molar-refractivity contribution in [3.8, 4) is 0 Å². The van der Waals surface area contributed by atoms with Crippen molar-refractivity contribution in [1.82, 2.24) is 5.09 Å². The van der Waals surface area contributed by atoms with Crippen LogP contribution in [0.3, 0.4) is 0 Å². The monoisotopic (exact) mass is 184 g/mol. The molecular weight excluding hydrogens is 177 g/mol. The second-order valence-corrected chi connectivity index (χ2v) is 3.34. The van der Waals surface area contributed by atoms with E-state index in [1.165, 1.54) is 0 Å². The first-order valence-corrected chi connectivity index (χ1v) is 5.08. The predicted molar refractivity (Wildman–Crippen MR) is 44.0 cm³/mol. The minimum absolute atomic E-state index is 0.133. The highest BCUT2D eigenvalue weighted by Crippen LogP contribution is 2.18. The lowest BCUT2D eigenvalue weighted by molar-refractivity contribution is 0.327. The largest absolute Gasteiger partial charge is 0.535 e. The molecular formula is C3H7NO2PS2+. The van der Waals surface area contributed by atoms with Gasteiger partial charge in [-0.05, 0) is 23.7 Å². The number of ether oxygens (including phenoxy) is 1. The van der Waals surface area contributed by atoms with Gasteiger partial charge in [0, 0.05) is 0 Å². The number of hydrogen-bond donors (Lipinski definition) is 2. The SMILES string of the molecule is CCOC(=S)N[P+](=O)S. The van der Waals surface area contributed by atoms with E-state index in [9.17, 15) is 4.57 Å². The van der Waals surface area contributed by atoms with Crippen LogP contribution in [-0.4, -0.2) is 11.8 Å². The van der Waals surface area contributed by atoms with Crippen LogP contribution >= 0.6 is 31.6 Å². The van der Waals surface area contributed by atoms with Crippen LogP contribution in [0.5, 0.6) is 0 Å². The highest BCUT2D eigenvalue weighted by atomic mass is 32.7. The highest BCUT2D eigenvalue weighted by Gasteiger charge is 2.09. The third kappa shape index (κ3) is 6.02. The molecule has 0 fully saturated rings. The lowest BCUT2D eigenvalue weighted by atomic mass is 10.9. The highest BCUT2D eigenvalue weighted by molar-refractivity contribution is 8.40. The van der Waals surface area contributed by atoms with Crippen molar-refractivity contribution in [1.29, 1.82) is 0 Å². The fraction of sp³-hybridized carbons (Fsp3) is 0.667. The maximum atomic E-state index is 10.3. The molecule has 0 aromatic rings. The molecule has 0 aromatic carbocycles. The smallest absolute Gasteiger partial charge is 0.469 e. The van der Waals surface area contributed by atoms with Crippen molar-refractivity contribution in [3.05, 3.63) is 0 Å². The van der Waals surface area contributed by atoms with E-state index >= 15 is 0 Å². The van der Waals surface area contributed by atoms with E-state index in [1.54, 1.807) is 6.92 Å². The first-order chi connectivity index (χ1) is 4.16. The molecule has 0 amide bonds. The van der Waals surface area contributed by atoms with Crippen LogP contribution in [0.2, 0.25) is 0 Å². The zero-order valence-corrected chi connectivity index (χ0v) is 7.43. The summed E-state index contributed by atoms with van der Waals surface area (Å²) in [6.45, 7) is 2.27. The third-order valence-corrected chi connectivity index (χ3v) is 1.53. The fourth-order valence-corrected chi connectivity index (χ4v) is 1.30. The molecule has 0 saturated carbocycles. The normalized spacial score (nSPS) is 10.2. The van der Waals surface area contributed by atoms with E-state index in [-0.39, 0.29) is 5.17 Å². The van der Waals surface area contributed by atoms with E-state index in [0.717, 1.165) is 0 Å². The van der Waals surface area contributed by atoms with Crippen molar-refractivity contribution in [3.63, 3.8) is 0 Å². The second kappa shape index (κ2) is 4.97. The van der Waals surface area contributed by atoms with Gasteiger partial charge >= 0.3 is 7.15 Å². The molecule has 0 aliphatic heterocycles. The van der Waals surface area contributed by atoms with Gasteiger partial charge in [-0.15, -0.1) is 5.09 Å². The lowest BCUT2D eigenvalue weighted by Crippen LogP contribution is -2.14. The average molecular weight is 184 g/mol. The van der Waals surface area contributed by atoms with Crippen molar-refractivity contribution < 1.29 is 9.30 Å². The van der Waals surface area contributed by atoms with Crippen molar-refractivity contribution in [2.75, 3.05) is 6.61 Å². The quantitative estimate of drug-likeness (QED) is 0.387. The van der Waals surface area contributed by atoms with Crippen LogP contribution in [-0.2, 0) is 9.30 Å². The van der Waals surface area contributed by atoms with Gasteiger partial charge in [0.1, 0.15) is 12.2 Å². The van der Waals surface area contributed by atoms with Gasteiger partial charge in [0.2, 0.25) is 0 Å². The fourth-order valence-electron chi connectivity index (χ4n) is 0.241. The Morgan fingerprint density at radius 2 is 2.56 bits per heavy atom. The Morgan fingerprint density at radius 1 is 2.00 bits per heavy atom. The van der Waals surface area contributed by atoms with E-state index in [4.69, 9.17) is 4.74 Å². The molecule has 0 saturated heterocycles. The Bertz CT molecular complexity index is 129. The molecule has 1 atom stereocenters. The van der Waals surface area contributed by atoms with Crippen LogP contribution in [0.4, 0.5) is 0 Å². The number of thiocarbonyl (C=S) groups is 1. The van der Waals surface area contributed by atoms with E-state index in [1.807, 2.05) is 0 Å². The number of hydrogen-bond acceptors (Lipinski definition) is 3. The van der Waals surface area contributed by atoms with E-state index < -0.39 is 7.15 Å². The molecule has 1 N–H and O–H groups in total. The topological polar surface area (TPSA) is 38.3 Å². The molecule has 0 radical (unpaired) electrons. The predicted octanol–water partition coefficient (Wildman–Crippen LogP) is 1.48. The minimum atomic E-state index is -1.72. The number of nitrogens with one attached hydrogen (secondary N) is 1. The van der Waals surface area contributed by atoms with Gasteiger partial charge < -0.3 is 4.74 Å². The minimum Gasteiger partial charge on any atom is -0.469 e. The van der Waals surface area contributed by atoms with Crippen LogP contribution < -0.4 is 5.09 Å². The first-order valence-electron chi connectivity index (χ1n) is 2.26. The van der Waals surface area contributed by atoms with Crippen molar-refractivity contribution in [2.24, 2.45) is 0 Å². The van der Waals surface area contributed by atoms with Crippen LogP contribution in [0.15, 0.2) is 0 Å². The maximum absolute atomic E-state index is 10.3. The van der Waals surface area contributed by atoms with Gasteiger partial charge in [-0.1, -0.05) is 0 Å². The van der Waals surface area contributed by atoms with Crippen molar-refractivity contribution >= 4 is 36.8 Å². The number of rotatable bonds is 2. The summed E-state index contributed by atoms with van der Waals surface area (Å²) in [4.78, 5) is 0. The zero-order chi connectivity index (χ0) is 7.28. The van der Waals surface area contributed by atoms with E-state index in [0.29, 0.717) is 6.61 Å². The average Bonchev–Trinajstić information content (AvgIpc) is 1.63.